The summed E-state index contributed by atoms with van der Waals surface area (Å²) in [5.74, 6) is 0.358. The van der Waals surface area contributed by atoms with Gasteiger partial charge in [0.2, 0.25) is 5.91 Å². The van der Waals surface area contributed by atoms with Crippen molar-refractivity contribution in [2.24, 2.45) is 11.3 Å². The first-order chi connectivity index (χ1) is 16.8. The molecule has 2 atom stereocenters. The number of anilines is 1. The Morgan fingerprint density at radius 3 is 2.77 bits per heavy atom. The fourth-order valence-corrected chi connectivity index (χ4v) is 5.55. The van der Waals surface area contributed by atoms with E-state index in [-0.39, 0.29) is 17.3 Å². The molecule has 186 valence electrons. The van der Waals surface area contributed by atoms with Gasteiger partial charge in [-0.1, -0.05) is 53.6 Å². The highest BCUT2D eigenvalue weighted by molar-refractivity contribution is 6.33. The van der Waals surface area contributed by atoms with Crippen molar-refractivity contribution in [3.8, 4) is 0 Å². The van der Waals surface area contributed by atoms with Crippen molar-refractivity contribution in [2.45, 2.75) is 52.4 Å². The maximum Gasteiger partial charge on any atom is 0.305 e. The summed E-state index contributed by atoms with van der Waals surface area (Å²) in [6.45, 7) is 5.91. The Balaban J connectivity index is 1.46. The number of benzene rings is 2. The standard InChI is InChI=1S/C29H35ClN2O3/c1-3-35-28(34)10-6-9-27(33)32-14-13-29(19-32)18-24(29)23(17-22-8-5-4-7-20(22)2)15-21-11-12-26(31)25(30)16-21/h4-5,7-8,11-12,15-16,24H,3,6,9-10,13-14,17-19,31H2,1-2H3/b23-15+/t24-,29?/m0/s1. The molecule has 0 radical (unpaired) electrons. The van der Waals surface area contributed by atoms with Crippen LogP contribution in [0.2, 0.25) is 5.02 Å². The topological polar surface area (TPSA) is 72.6 Å². The third kappa shape index (κ3) is 6.07. The predicted molar refractivity (Wildman–Crippen MR) is 141 cm³/mol. The largest absolute Gasteiger partial charge is 0.466 e. The SMILES string of the molecule is CCOC(=O)CCCC(=O)N1CCC2(C[C@H]2/C(=C/c2ccc(N)c(Cl)c2)Cc2ccccc2C)C1. The monoisotopic (exact) mass is 494 g/mol. The summed E-state index contributed by atoms with van der Waals surface area (Å²) in [6.07, 6.45) is 6.51. The zero-order chi connectivity index (χ0) is 25.0. The van der Waals surface area contributed by atoms with Gasteiger partial charge in [0.25, 0.3) is 0 Å². The second-order valence-corrected chi connectivity index (χ2v) is 10.4. The van der Waals surface area contributed by atoms with Gasteiger partial charge in [-0.05, 0) is 79.7 Å². The highest BCUT2D eigenvalue weighted by atomic mass is 35.5. The number of amides is 1. The number of ether oxygens (including phenoxy) is 1. The average Bonchev–Trinajstić information content (AvgIpc) is 3.35. The van der Waals surface area contributed by atoms with E-state index in [9.17, 15) is 9.59 Å². The van der Waals surface area contributed by atoms with Crippen molar-refractivity contribution in [3.05, 3.63) is 69.8 Å². The molecule has 1 saturated heterocycles. The lowest BCUT2D eigenvalue weighted by atomic mass is 9.91. The van der Waals surface area contributed by atoms with E-state index in [4.69, 9.17) is 22.1 Å². The number of esters is 1. The van der Waals surface area contributed by atoms with E-state index in [0.29, 0.717) is 42.5 Å². The fourth-order valence-electron chi connectivity index (χ4n) is 5.36. The van der Waals surface area contributed by atoms with E-state index >= 15 is 0 Å². The minimum atomic E-state index is -0.228. The molecule has 4 rings (SSSR count). The second kappa shape index (κ2) is 10.9. The van der Waals surface area contributed by atoms with E-state index in [1.807, 2.05) is 23.1 Å². The maximum atomic E-state index is 12.8. The first-order valence-electron chi connectivity index (χ1n) is 12.5. The molecule has 2 N–H and O–H groups in total. The van der Waals surface area contributed by atoms with Gasteiger partial charge in [-0.15, -0.1) is 0 Å². The van der Waals surface area contributed by atoms with Crippen LogP contribution in [0.4, 0.5) is 5.69 Å². The summed E-state index contributed by atoms with van der Waals surface area (Å²) < 4.78 is 4.97. The maximum absolute atomic E-state index is 12.8. The third-order valence-electron chi connectivity index (χ3n) is 7.48. The van der Waals surface area contributed by atoms with Crippen LogP contribution in [0, 0.1) is 18.3 Å². The van der Waals surface area contributed by atoms with Crippen LogP contribution in [0.25, 0.3) is 6.08 Å². The summed E-state index contributed by atoms with van der Waals surface area (Å²) in [5.41, 5.74) is 11.7. The molecule has 1 heterocycles. The number of carbonyl (C=O) groups excluding carboxylic acids is 2. The molecule has 6 heteroatoms. The lowest BCUT2D eigenvalue weighted by molar-refractivity contribution is -0.143. The van der Waals surface area contributed by atoms with Crippen molar-refractivity contribution < 1.29 is 14.3 Å². The van der Waals surface area contributed by atoms with E-state index in [0.717, 1.165) is 37.9 Å². The van der Waals surface area contributed by atoms with Gasteiger partial charge in [0.15, 0.2) is 0 Å². The number of hydrogen-bond acceptors (Lipinski definition) is 4. The molecule has 1 spiro atoms. The fraction of sp³-hybridized carbons (Fsp3) is 0.448. The first-order valence-corrected chi connectivity index (χ1v) is 12.9. The zero-order valence-electron chi connectivity index (χ0n) is 20.7. The van der Waals surface area contributed by atoms with E-state index < -0.39 is 0 Å². The van der Waals surface area contributed by atoms with Crippen LogP contribution in [-0.4, -0.2) is 36.5 Å². The molecule has 1 unspecified atom stereocenters. The van der Waals surface area contributed by atoms with E-state index in [1.165, 1.54) is 16.7 Å². The lowest BCUT2D eigenvalue weighted by Gasteiger charge is -2.18. The van der Waals surface area contributed by atoms with Crippen LogP contribution in [0.1, 0.15) is 55.7 Å². The Morgan fingerprint density at radius 1 is 1.23 bits per heavy atom. The zero-order valence-corrected chi connectivity index (χ0v) is 21.4. The summed E-state index contributed by atoms with van der Waals surface area (Å²) in [5, 5.41) is 0.569. The van der Waals surface area contributed by atoms with Crippen molar-refractivity contribution in [2.75, 3.05) is 25.4 Å². The summed E-state index contributed by atoms with van der Waals surface area (Å²) in [4.78, 5) is 26.4. The Morgan fingerprint density at radius 2 is 2.03 bits per heavy atom. The van der Waals surface area contributed by atoms with Gasteiger partial charge in [-0.2, -0.15) is 0 Å². The smallest absolute Gasteiger partial charge is 0.305 e. The molecule has 1 aliphatic heterocycles. The number of rotatable bonds is 9. The number of nitrogens with two attached hydrogens (primary N) is 1. The second-order valence-electron chi connectivity index (χ2n) is 9.95. The highest BCUT2D eigenvalue weighted by Gasteiger charge is 2.58. The summed E-state index contributed by atoms with van der Waals surface area (Å²) >= 11 is 6.30. The van der Waals surface area contributed by atoms with E-state index in [2.05, 4.69) is 37.3 Å². The Kier molecular flexibility index (Phi) is 7.85. The summed E-state index contributed by atoms with van der Waals surface area (Å²) in [7, 11) is 0. The Hall–Kier alpha value is -2.79. The molecule has 2 fully saturated rings. The minimum Gasteiger partial charge on any atom is -0.466 e. The minimum absolute atomic E-state index is 0.145. The van der Waals surface area contributed by atoms with Gasteiger partial charge in [-0.25, -0.2) is 0 Å². The molecular formula is C29H35ClN2O3. The molecule has 0 bridgehead atoms. The van der Waals surface area contributed by atoms with Crippen LogP contribution in [0.5, 0.6) is 0 Å². The van der Waals surface area contributed by atoms with Crippen LogP contribution in [0.15, 0.2) is 48.0 Å². The van der Waals surface area contributed by atoms with E-state index in [1.54, 1.807) is 6.92 Å². The first kappa shape index (κ1) is 25.3. The molecule has 0 aromatic heterocycles. The predicted octanol–water partition coefficient (Wildman–Crippen LogP) is 5.83. The number of likely N-dealkylation sites (tertiary alicyclic amines) is 1. The van der Waals surface area contributed by atoms with Gasteiger partial charge in [-0.3, -0.25) is 9.59 Å². The number of halogens is 1. The van der Waals surface area contributed by atoms with Crippen molar-refractivity contribution in [1.29, 1.82) is 0 Å². The van der Waals surface area contributed by atoms with Gasteiger partial charge in [0.05, 0.1) is 17.3 Å². The molecule has 1 aliphatic carbocycles. The quantitative estimate of drug-likeness (QED) is 0.351. The Bertz CT molecular complexity index is 1130. The van der Waals surface area contributed by atoms with Crippen LogP contribution in [0.3, 0.4) is 0 Å². The molecule has 35 heavy (non-hydrogen) atoms. The third-order valence-corrected chi connectivity index (χ3v) is 7.81. The molecule has 2 aromatic carbocycles. The number of allylic oxidation sites excluding steroid dienone is 1. The summed E-state index contributed by atoms with van der Waals surface area (Å²) in [6, 6.07) is 14.3. The van der Waals surface area contributed by atoms with Crippen LogP contribution in [-0.2, 0) is 20.7 Å². The van der Waals surface area contributed by atoms with Gasteiger partial charge >= 0.3 is 5.97 Å². The van der Waals surface area contributed by atoms with Gasteiger partial charge in [0, 0.05) is 25.9 Å². The number of carbonyl (C=O) groups is 2. The molecule has 5 nitrogen and oxygen atoms in total. The number of nitrogens with zero attached hydrogens (tertiary/aromatic N) is 1. The molecule has 2 aromatic rings. The lowest BCUT2D eigenvalue weighted by Crippen LogP contribution is -2.29. The molecule has 1 amide bonds. The number of nitrogen functional groups attached to an aromatic ring is 1. The van der Waals surface area contributed by atoms with Crippen LogP contribution < -0.4 is 5.73 Å². The molecular weight excluding hydrogens is 460 g/mol. The van der Waals surface area contributed by atoms with Gasteiger partial charge < -0.3 is 15.4 Å². The normalized spacial score (nSPS) is 21.4. The van der Waals surface area contributed by atoms with Crippen molar-refractivity contribution in [3.63, 3.8) is 0 Å². The van der Waals surface area contributed by atoms with Gasteiger partial charge in [0.1, 0.15) is 0 Å². The van der Waals surface area contributed by atoms with Crippen molar-refractivity contribution in [1.82, 2.24) is 4.90 Å². The number of aryl methyl sites for hydroxylation is 1. The number of hydrogen-bond donors (Lipinski definition) is 1. The van der Waals surface area contributed by atoms with Crippen LogP contribution >= 0.6 is 11.6 Å². The highest BCUT2D eigenvalue weighted by Crippen LogP contribution is 2.62. The molecule has 1 saturated carbocycles. The molecule has 2 aliphatic rings. The average molecular weight is 495 g/mol. The van der Waals surface area contributed by atoms with Crippen molar-refractivity contribution >= 4 is 35.2 Å². The Labute approximate surface area is 213 Å².